The number of hydrogen-bond donors (Lipinski definition) is 1. The van der Waals surface area contributed by atoms with Crippen LogP contribution in [0.4, 0.5) is 10.2 Å². The minimum Gasteiger partial charge on any atom is -0.353 e. The maximum Gasteiger partial charge on any atom is 0.167 e. The summed E-state index contributed by atoms with van der Waals surface area (Å²) >= 11 is 0. The van der Waals surface area contributed by atoms with Crippen LogP contribution in [0.5, 0.6) is 0 Å². The van der Waals surface area contributed by atoms with E-state index in [9.17, 15) is 4.39 Å². The molecule has 2 saturated heterocycles. The van der Waals surface area contributed by atoms with Crippen molar-refractivity contribution in [3.63, 3.8) is 0 Å². The number of anilines is 1. The zero-order valence-electron chi connectivity index (χ0n) is 17.3. The fourth-order valence-electron chi connectivity index (χ4n) is 4.86. The smallest absolute Gasteiger partial charge is 0.167 e. The SMILES string of the molecule is Cc1cc(N2C[C@H]3CC[C@@H](C2)N3)nc2c1nc(-c1ccc(F)cc1)n2-c1ccncc1. The van der Waals surface area contributed by atoms with Gasteiger partial charge in [0, 0.05) is 43.1 Å². The van der Waals surface area contributed by atoms with Gasteiger partial charge in [-0.3, -0.25) is 9.55 Å². The van der Waals surface area contributed by atoms with Gasteiger partial charge in [-0.15, -0.1) is 0 Å². The predicted molar refractivity (Wildman–Crippen MR) is 119 cm³/mol. The van der Waals surface area contributed by atoms with Gasteiger partial charge >= 0.3 is 0 Å². The van der Waals surface area contributed by atoms with E-state index in [4.69, 9.17) is 9.97 Å². The second kappa shape index (κ2) is 7.13. The van der Waals surface area contributed by atoms with Crippen LogP contribution in [0.3, 0.4) is 0 Å². The first-order valence-corrected chi connectivity index (χ1v) is 10.7. The molecule has 3 aromatic heterocycles. The molecule has 1 N–H and O–H groups in total. The molecule has 2 atom stereocenters. The van der Waals surface area contributed by atoms with E-state index in [1.807, 2.05) is 12.1 Å². The molecule has 2 fully saturated rings. The van der Waals surface area contributed by atoms with Gasteiger partial charge in [0.2, 0.25) is 0 Å². The highest BCUT2D eigenvalue weighted by atomic mass is 19.1. The minimum atomic E-state index is -0.264. The van der Waals surface area contributed by atoms with Crippen molar-refractivity contribution in [1.29, 1.82) is 0 Å². The summed E-state index contributed by atoms with van der Waals surface area (Å²) in [5.74, 6) is 1.47. The minimum absolute atomic E-state index is 0.264. The van der Waals surface area contributed by atoms with Crippen LogP contribution in [0.15, 0.2) is 54.9 Å². The van der Waals surface area contributed by atoms with Crippen molar-refractivity contribution in [2.24, 2.45) is 0 Å². The molecule has 5 heterocycles. The number of aryl methyl sites for hydroxylation is 1. The number of rotatable bonds is 3. The first kappa shape index (κ1) is 18.4. The van der Waals surface area contributed by atoms with Gasteiger partial charge in [0.15, 0.2) is 5.65 Å². The van der Waals surface area contributed by atoms with Crippen molar-refractivity contribution in [2.75, 3.05) is 18.0 Å². The standard InChI is InChI=1S/C24H23FN6/c1-15-12-21(30-13-18-6-7-19(14-30)27-18)28-24-22(15)29-23(16-2-4-17(25)5-3-16)31(24)20-8-10-26-11-9-20/h2-5,8-12,18-19,27H,6-7,13-14H2,1H3/t18-,19+. The molecule has 6 rings (SSSR count). The van der Waals surface area contributed by atoms with Gasteiger partial charge in [-0.05, 0) is 67.8 Å². The molecule has 0 spiro atoms. The van der Waals surface area contributed by atoms with E-state index in [0.717, 1.165) is 52.7 Å². The molecule has 1 aromatic carbocycles. The Morgan fingerprint density at radius 3 is 2.39 bits per heavy atom. The van der Waals surface area contributed by atoms with E-state index < -0.39 is 0 Å². The lowest BCUT2D eigenvalue weighted by atomic mass is 10.2. The van der Waals surface area contributed by atoms with Gasteiger partial charge in [0.05, 0.1) is 5.69 Å². The zero-order valence-corrected chi connectivity index (χ0v) is 17.3. The summed E-state index contributed by atoms with van der Waals surface area (Å²) in [5.41, 5.74) is 4.53. The monoisotopic (exact) mass is 414 g/mol. The zero-order chi connectivity index (χ0) is 20.9. The Balaban J connectivity index is 1.56. The number of halogens is 1. The van der Waals surface area contributed by atoms with E-state index in [0.29, 0.717) is 12.1 Å². The Kier molecular flexibility index (Phi) is 4.24. The summed E-state index contributed by atoms with van der Waals surface area (Å²) in [4.78, 5) is 16.6. The third kappa shape index (κ3) is 3.16. The highest BCUT2D eigenvalue weighted by Gasteiger charge is 2.33. The largest absolute Gasteiger partial charge is 0.353 e. The third-order valence-electron chi connectivity index (χ3n) is 6.36. The van der Waals surface area contributed by atoms with Gasteiger partial charge in [0.1, 0.15) is 23.0 Å². The number of imidazole rings is 1. The van der Waals surface area contributed by atoms with E-state index in [2.05, 4.69) is 32.8 Å². The Bertz CT molecular complexity index is 1240. The first-order valence-electron chi connectivity index (χ1n) is 10.7. The Labute approximate surface area is 179 Å². The summed E-state index contributed by atoms with van der Waals surface area (Å²) in [7, 11) is 0. The van der Waals surface area contributed by atoms with E-state index in [-0.39, 0.29) is 5.82 Å². The van der Waals surface area contributed by atoms with Gasteiger partial charge < -0.3 is 10.2 Å². The summed E-state index contributed by atoms with van der Waals surface area (Å²) in [6, 6.07) is 13.6. The highest BCUT2D eigenvalue weighted by molar-refractivity contribution is 5.84. The Morgan fingerprint density at radius 1 is 0.968 bits per heavy atom. The number of fused-ring (bicyclic) bond motifs is 3. The summed E-state index contributed by atoms with van der Waals surface area (Å²) in [6.07, 6.45) is 5.98. The average molecular weight is 414 g/mol. The molecule has 0 unspecified atom stereocenters. The van der Waals surface area contributed by atoms with E-state index in [1.54, 1.807) is 24.5 Å². The van der Waals surface area contributed by atoms with Gasteiger partial charge in [-0.25, -0.2) is 14.4 Å². The second-order valence-electron chi connectivity index (χ2n) is 8.50. The quantitative estimate of drug-likeness (QED) is 0.552. The number of nitrogens with zero attached hydrogens (tertiary/aromatic N) is 5. The number of hydrogen-bond acceptors (Lipinski definition) is 5. The van der Waals surface area contributed by atoms with Crippen LogP contribution in [0.1, 0.15) is 18.4 Å². The van der Waals surface area contributed by atoms with Crippen LogP contribution in [-0.2, 0) is 0 Å². The second-order valence-corrected chi connectivity index (χ2v) is 8.50. The number of piperazine rings is 1. The van der Waals surface area contributed by atoms with Crippen LogP contribution in [-0.4, -0.2) is 44.7 Å². The molecule has 2 bridgehead atoms. The molecule has 31 heavy (non-hydrogen) atoms. The van der Waals surface area contributed by atoms with Gasteiger partial charge in [-0.1, -0.05) is 0 Å². The molecule has 0 radical (unpaired) electrons. The fraction of sp³-hybridized carbons (Fsp3) is 0.292. The van der Waals surface area contributed by atoms with Crippen molar-refractivity contribution >= 4 is 17.0 Å². The highest BCUT2D eigenvalue weighted by Crippen LogP contribution is 2.32. The maximum atomic E-state index is 13.6. The van der Waals surface area contributed by atoms with E-state index in [1.165, 1.54) is 25.0 Å². The number of benzene rings is 1. The lowest BCUT2D eigenvalue weighted by Crippen LogP contribution is -2.51. The normalized spacial score (nSPS) is 20.5. The molecule has 2 aliphatic rings. The molecule has 156 valence electrons. The molecule has 6 nitrogen and oxygen atoms in total. The predicted octanol–water partition coefficient (Wildman–Crippen LogP) is 3.87. The van der Waals surface area contributed by atoms with Crippen LogP contribution >= 0.6 is 0 Å². The van der Waals surface area contributed by atoms with Crippen molar-refractivity contribution < 1.29 is 4.39 Å². The molecule has 0 aliphatic carbocycles. The Morgan fingerprint density at radius 2 is 1.68 bits per heavy atom. The number of nitrogens with one attached hydrogen (secondary N) is 1. The van der Waals surface area contributed by atoms with Crippen LogP contribution in [0.2, 0.25) is 0 Å². The third-order valence-corrected chi connectivity index (χ3v) is 6.36. The molecule has 2 aliphatic heterocycles. The van der Waals surface area contributed by atoms with Crippen LogP contribution < -0.4 is 10.2 Å². The van der Waals surface area contributed by atoms with Crippen molar-refractivity contribution in [2.45, 2.75) is 31.8 Å². The van der Waals surface area contributed by atoms with Gasteiger partial charge in [0.25, 0.3) is 0 Å². The molecular formula is C24H23FN6. The lowest BCUT2D eigenvalue weighted by molar-refractivity contribution is 0.463. The van der Waals surface area contributed by atoms with Crippen molar-refractivity contribution in [3.8, 4) is 17.1 Å². The lowest BCUT2D eigenvalue weighted by Gasteiger charge is -2.33. The molecule has 4 aromatic rings. The summed E-state index contributed by atoms with van der Waals surface area (Å²) in [5, 5.41) is 3.68. The van der Waals surface area contributed by atoms with Gasteiger partial charge in [-0.2, -0.15) is 0 Å². The maximum absolute atomic E-state index is 13.6. The molecule has 0 saturated carbocycles. The van der Waals surface area contributed by atoms with Crippen LogP contribution in [0, 0.1) is 12.7 Å². The van der Waals surface area contributed by atoms with E-state index >= 15 is 0 Å². The molecule has 7 heteroatoms. The summed E-state index contributed by atoms with van der Waals surface area (Å²) in [6.45, 7) is 4.04. The van der Waals surface area contributed by atoms with Crippen molar-refractivity contribution in [1.82, 2.24) is 24.8 Å². The number of pyridine rings is 2. The summed E-state index contributed by atoms with van der Waals surface area (Å²) < 4.78 is 15.6. The topological polar surface area (TPSA) is 58.9 Å². The first-order chi connectivity index (χ1) is 15.2. The molecule has 0 amide bonds. The Hall–Kier alpha value is -3.32. The van der Waals surface area contributed by atoms with Crippen molar-refractivity contribution in [3.05, 3.63) is 66.2 Å². The molecular weight excluding hydrogens is 391 g/mol. The average Bonchev–Trinajstić information content (AvgIpc) is 3.34. The van der Waals surface area contributed by atoms with Crippen LogP contribution in [0.25, 0.3) is 28.2 Å². The number of aromatic nitrogens is 4. The fourth-order valence-corrected chi connectivity index (χ4v) is 4.86.